The number of benzene rings is 3. The van der Waals surface area contributed by atoms with Crippen molar-refractivity contribution in [3.8, 4) is 0 Å². The van der Waals surface area contributed by atoms with Gasteiger partial charge in [0, 0.05) is 16.4 Å². The summed E-state index contributed by atoms with van der Waals surface area (Å²) in [4.78, 5) is 12.6. The van der Waals surface area contributed by atoms with Gasteiger partial charge in [-0.25, -0.2) is 0 Å². The largest absolute Gasteiger partial charge is 0.351 e. The van der Waals surface area contributed by atoms with Crippen LogP contribution < -0.4 is 5.32 Å². The molecule has 0 aliphatic carbocycles. The first kappa shape index (κ1) is 17.4. The fourth-order valence-corrected chi connectivity index (χ4v) is 3.45. The van der Waals surface area contributed by atoms with Crippen LogP contribution in [0.5, 0.6) is 0 Å². The molecule has 0 aliphatic heterocycles. The molecule has 3 rings (SSSR count). The van der Waals surface area contributed by atoms with Gasteiger partial charge in [-0.1, -0.05) is 72.8 Å². The third-order valence-corrected chi connectivity index (χ3v) is 5.23. The van der Waals surface area contributed by atoms with Gasteiger partial charge in [-0.2, -0.15) is 0 Å². The van der Waals surface area contributed by atoms with Gasteiger partial charge in [0.1, 0.15) is 0 Å². The van der Waals surface area contributed by atoms with E-state index < -0.39 is 0 Å². The van der Waals surface area contributed by atoms with Crippen LogP contribution in [0.25, 0.3) is 0 Å². The van der Waals surface area contributed by atoms with E-state index in [0.29, 0.717) is 12.1 Å². The average Bonchev–Trinajstić information content (AvgIpc) is 2.67. The number of amides is 1. The van der Waals surface area contributed by atoms with E-state index in [4.69, 9.17) is 0 Å². The molecule has 3 aromatic rings. The Morgan fingerprint density at radius 2 is 1.32 bits per heavy atom. The third-order valence-electron chi connectivity index (χ3n) is 4.54. The highest BCUT2D eigenvalue weighted by Crippen LogP contribution is 2.31. The molecule has 0 atom stereocenters. The van der Waals surface area contributed by atoms with Crippen LogP contribution in [0.1, 0.15) is 28.4 Å². The lowest BCUT2D eigenvalue weighted by molar-refractivity contribution is 0.0946. The van der Waals surface area contributed by atoms with Gasteiger partial charge in [0.15, 0.2) is 0 Å². The van der Waals surface area contributed by atoms with Crippen molar-refractivity contribution in [1.29, 1.82) is 0 Å². The minimum absolute atomic E-state index is 0.0782. The van der Waals surface area contributed by atoms with Gasteiger partial charge in [-0.05, 0) is 46.1 Å². The van der Waals surface area contributed by atoms with E-state index >= 15 is 0 Å². The normalized spacial score (nSPS) is 11.1. The molecule has 0 radical (unpaired) electrons. The number of hydrogen-bond acceptors (Lipinski definition) is 1. The summed E-state index contributed by atoms with van der Waals surface area (Å²) in [6.07, 6.45) is 0. The van der Waals surface area contributed by atoms with Crippen molar-refractivity contribution in [3.05, 3.63) is 106 Å². The third kappa shape index (κ3) is 3.83. The van der Waals surface area contributed by atoms with Gasteiger partial charge in [-0.3, -0.25) is 4.79 Å². The maximum atomic E-state index is 12.6. The van der Waals surface area contributed by atoms with E-state index in [0.717, 1.165) is 4.47 Å². The second-order valence-corrected chi connectivity index (χ2v) is 7.08. The first-order chi connectivity index (χ1) is 12.1. The van der Waals surface area contributed by atoms with Crippen molar-refractivity contribution in [2.45, 2.75) is 12.3 Å². The maximum Gasteiger partial charge on any atom is 0.252 e. The molecule has 0 unspecified atom stereocenters. The molecular formula is C22H20BrNO. The molecular weight excluding hydrogens is 374 g/mol. The van der Waals surface area contributed by atoms with Crippen LogP contribution in [-0.4, -0.2) is 12.5 Å². The van der Waals surface area contributed by atoms with Crippen LogP contribution in [0.2, 0.25) is 0 Å². The topological polar surface area (TPSA) is 29.1 Å². The summed E-state index contributed by atoms with van der Waals surface area (Å²) in [5.41, 5.74) is 2.69. The van der Waals surface area contributed by atoms with Crippen molar-refractivity contribution in [2.24, 2.45) is 0 Å². The number of nitrogens with one attached hydrogen (secondary N) is 1. The van der Waals surface area contributed by atoms with Crippen LogP contribution in [0, 0.1) is 0 Å². The predicted octanol–water partition coefficient (Wildman–Crippen LogP) is 5.19. The van der Waals surface area contributed by atoms with Gasteiger partial charge < -0.3 is 5.32 Å². The number of halogens is 1. The molecule has 0 saturated carbocycles. The zero-order valence-electron chi connectivity index (χ0n) is 14.1. The van der Waals surface area contributed by atoms with E-state index in [1.165, 1.54) is 11.1 Å². The highest BCUT2D eigenvalue weighted by Gasteiger charge is 2.29. The highest BCUT2D eigenvalue weighted by molar-refractivity contribution is 9.10. The molecule has 0 spiro atoms. The molecule has 1 N–H and O–H groups in total. The lowest BCUT2D eigenvalue weighted by Crippen LogP contribution is -2.39. The summed E-state index contributed by atoms with van der Waals surface area (Å²) in [7, 11) is 0. The van der Waals surface area contributed by atoms with E-state index in [1.807, 2.05) is 60.7 Å². The highest BCUT2D eigenvalue weighted by atomic mass is 79.9. The standard InChI is InChI=1S/C22H20BrNO/c1-22(17-10-4-2-5-11-17,18-12-6-3-7-13-18)16-24-21(25)19-14-8-9-15-20(19)23/h2-15H,16H2,1H3,(H,24,25). The minimum atomic E-state index is -0.306. The van der Waals surface area contributed by atoms with Gasteiger partial charge in [-0.15, -0.1) is 0 Å². The van der Waals surface area contributed by atoms with Crippen LogP contribution in [0.3, 0.4) is 0 Å². The Morgan fingerprint density at radius 1 is 0.840 bits per heavy atom. The Kier molecular flexibility index (Phi) is 5.34. The molecule has 0 aromatic heterocycles. The quantitative estimate of drug-likeness (QED) is 0.635. The summed E-state index contributed by atoms with van der Waals surface area (Å²) in [5.74, 6) is -0.0782. The van der Waals surface area contributed by atoms with Gasteiger partial charge in [0.2, 0.25) is 0 Å². The molecule has 3 heteroatoms. The van der Waals surface area contributed by atoms with E-state index in [1.54, 1.807) is 0 Å². The Hall–Kier alpha value is -2.39. The first-order valence-corrected chi connectivity index (χ1v) is 9.04. The monoisotopic (exact) mass is 393 g/mol. The minimum Gasteiger partial charge on any atom is -0.351 e. The Morgan fingerprint density at radius 3 is 1.84 bits per heavy atom. The van der Waals surface area contributed by atoms with Gasteiger partial charge in [0.25, 0.3) is 5.91 Å². The molecule has 2 nitrogen and oxygen atoms in total. The summed E-state index contributed by atoms with van der Waals surface area (Å²) in [5, 5.41) is 3.11. The molecule has 126 valence electrons. The molecule has 0 fully saturated rings. The van der Waals surface area contributed by atoms with Crippen molar-refractivity contribution in [2.75, 3.05) is 6.54 Å². The molecule has 0 saturated heterocycles. The van der Waals surface area contributed by atoms with Crippen LogP contribution in [-0.2, 0) is 5.41 Å². The van der Waals surface area contributed by atoms with E-state index in [2.05, 4.69) is 52.4 Å². The Balaban J connectivity index is 1.89. The lowest BCUT2D eigenvalue weighted by atomic mass is 9.76. The van der Waals surface area contributed by atoms with Crippen LogP contribution in [0.4, 0.5) is 0 Å². The second kappa shape index (κ2) is 7.66. The summed E-state index contributed by atoms with van der Waals surface area (Å²) < 4.78 is 0.800. The summed E-state index contributed by atoms with van der Waals surface area (Å²) >= 11 is 3.45. The van der Waals surface area contributed by atoms with Crippen molar-refractivity contribution >= 4 is 21.8 Å². The zero-order valence-corrected chi connectivity index (χ0v) is 15.7. The van der Waals surface area contributed by atoms with Gasteiger partial charge in [0.05, 0.1) is 5.56 Å². The van der Waals surface area contributed by atoms with Crippen LogP contribution >= 0.6 is 15.9 Å². The van der Waals surface area contributed by atoms with Crippen molar-refractivity contribution < 1.29 is 4.79 Å². The number of rotatable bonds is 5. The predicted molar refractivity (Wildman–Crippen MR) is 106 cm³/mol. The Bertz CT molecular complexity index is 807. The zero-order chi connectivity index (χ0) is 17.7. The lowest BCUT2D eigenvalue weighted by Gasteiger charge is -2.31. The smallest absolute Gasteiger partial charge is 0.252 e. The van der Waals surface area contributed by atoms with Crippen molar-refractivity contribution in [3.63, 3.8) is 0 Å². The van der Waals surface area contributed by atoms with Crippen LogP contribution in [0.15, 0.2) is 89.4 Å². The average molecular weight is 394 g/mol. The molecule has 0 heterocycles. The summed E-state index contributed by atoms with van der Waals surface area (Å²) in [6.45, 7) is 2.68. The Labute approximate surface area is 157 Å². The summed E-state index contributed by atoms with van der Waals surface area (Å²) in [6, 6.07) is 28.1. The fraction of sp³-hybridized carbons (Fsp3) is 0.136. The number of carbonyl (C=O) groups excluding carboxylic acids is 1. The second-order valence-electron chi connectivity index (χ2n) is 6.23. The molecule has 3 aromatic carbocycles. The molecule has 0 bridgehead atoms. The van der Waals surface area contributed by atoms with E-state index in [-0.39, 0.29) is 11.3 Å². The molecule has 1 amide bonds. The first-order valence-electron chi connectivity index (χ1n) is 8.25. The number of hydrogen-bond donors (Lipinski definition) is 1. The van der Waals surface area contributed by atoms with Crippen molar-refractivity contribution in [1.82, 2.24) is 5.32 Å². The SMILES string of the molecule is CC(CNC(=O)c1ccccc1Br)(c1ccccc1)c1ccccc1. The van der Waals surface area contributed by atoms with E-state index in [9.17, 15) is 4.79 Å². The number of carbonyl (C=O) groups is 1. The molecule has 0 aliphatic rings. The maximum absolute atomic E-state index is 12.6. The fourth-order valence-electron chi connectivity index (χ4n) is 2.98. The molecule has 25 heavy (non-hydrogen) atoms. The van der Waals surface area contributed by atoms with Gasteiger partial charge >= 0.3 is 0 Å².